The average molecular weight is 554 g/mol. The molecule has 0 N–H and O–H groups in total. The van der Waals surface area contributed by atoms with Gasteiger partial charge in [0, 0.05) is 13.1 Å². The molecule has 3 rings (SSSR count). The Labute approximate surface area is 199 Å². The van der Waals surface area contributed by atoms with Gasteiger partial charge in [-0.3, -0.25) is 14.7 Å². The summed E-state index contributed by atoms with van der Waals surface area (Å²) in [5.74, 6) is 0.916. The van der Waals surface area contributed by atoms with Gasteiger partial charge in [0.1, 0.15) is 12.4 Å². The van der Waals surface area contributed by atoms with Crippen LogP contribution in [0.1, 0.15) is 31.9 Å². The normalized spacial score (nSPS) is 16.4. The van der Waals surface area contributed by atoms with Crippen molar-refractivity contribution < 1.29 is 18.7 Å². The molecule has 0 bridgehead atoms. The number of thioether (sulfide) groups is 1. The average Bonchev–Trinajstić information content (AvgIpc) is 3.03. The van der Waals surface area contributed by atoms with Crippen molar-refractivity contribution in [1.29, 1.82) is 0 Å². The maximum Gasteiger partial charge on any atom is 0.266 e. The van der Waals surface area contributed by atoms with Gasteiger partial charge >= 0.3 is 0 Å². The maximum absolute atomic E-state index is 13.1. The van der Waals surface area contributed by atoms with E-state index in [0.29, 0.717) is 42.7 Å². The number of hydrogen-bond acceptors (Lipinski definition) is 5. The van der Waals surface area contributed by atoms with E-state index in [0.717, 1.165) is 19.9 Å². The van der Waals surface area contributed by atoms with E-state index in [1.807, 2.05) is 39.0 Å². The van der Waals surface area contributed by atoms with E-state index in [1.165, 1.54) is 23.9 Å². The van der Waals surface area contributed by atoms with Gasteiger partial charge in [0.05, 0.1) is 15.1 Å². The van der Waals surface area contributed by atoms with Gasteiger partial charge in [-0.25, -0.2) is 4.39 Å². The van der Waals surface area contributed by atoms with Gasteiger partial charge in [-0.2, -0.15) is 0 Å². The van der Waals surface area contributed by atoms with Gasteiger partial charge in [-0.05, 0) is 96.6 Å². The first-order chi connectivity index (χ1) is 15.0. The molecule has 1 aliphatic rings. The number of carbonyl (C=O) groups excluding carboxylic acids is 1. The van der Waals surface area contributed by atoms with Crippen LogP contribution in [0, 0.1) is 9.39 Å². The predicted molar refractivity (Wildman–Crippen MR) is 132 cm³/mol. The molecule has 0 radical (unpaired) electrons. The first kappa shape index (κ1) is 23.6. The highest BCUT2D eigenvalue weighted by Gasteiger charge is 2.31. The van der Waals surface area contributed by atoms with Crippen LogP contribution in [0.25, 0.3) is 6.08 Å². The van der Waals surface area contributed by atoms with E-state index < -0.39 is 0 Å². The summed E-state index contributed by atoms with van der Waals surface area (Å²) in [5.41, 5.74) is 1.72. The number of ether oxygens (including phenoxy) is 2. The largest absolute Gasteiger partial charge is 0.490 e. The molecule has 1 heterocycles. The van der Waals surface area contributed by atoms with Crippen molar-refractivity contribution in [2.75, 3.05) is 19.7 Å². The van der Waals surface area contributed by atoms with Crippen LogP contribution in [0.5, 0.6) is 11.5 Å². The third kappa shape index (κ3) is 5.79. The Bertz CT molecular complexity index is 1010. The number of rotatable bonds is 8. The van der Waals surface area contributed by atoms with Crippen LogP contribution < -0.4 is 9.47 Å². The van der Waals surface area contributed by atoms with Crippen LogP contribution in [0.4, 0.5) is 4.39 Å². The third-order valence-electron chi connectivity index (χ3n) is 4.42. The molecule has 1 saturated heterocycles. The molecular weight excluding hydrogens is 530 g/mol. The lowest BCUT2D eigenvalue weighted by Gasteiger charge is -2.15. The molecule has 0 saturated carbocycles. The number of halogens is 2. The van der Waals surface area contributed by atoms with E-state index in [-0.39, 0.29) is 11.7 Å². The van der Waals surface area contributed by atoms with E-state index in [4.69, 9.17) is 9.47 Å². The molecule has 5 nitrogen and oxygen atoms in total. The van der Waals surface area contributed by atoms with E-state index >= 15 is 0 Å². The SMILES string of the molecule is CCN=C1S/C(=C/c2cc(I)c(OCc3ccc(F)cc3)c(OCC)c2)C(=O)N1CC. The number of amidine groups is 1. The number of nitrogens with zero attached hydrogens (tertiary/aromatic N) is 2. The summed E-state index contributed by atoms with van der Waals surface area (Å²) in [5, 5.41) is 0.736. The minimum absolute atomic E-state index is 0.0377. The monoisotopic (exact) mass is 554 g/mol. The molecule has 1 aliphatic heterocycles. The van der Waals surface area contributed by atoms with Gasteiger partial charge in [-0.15, -0.1) is 0 Å². The van der Waals surface area contributed by atoms with Crippen molar-refractivity contribution in [3.8, 4) is 11.5 Å². The Hall–Kier alpha value is -2.07. The van der Waals surface area contributed by atoms with Crippen molar-refractivity contribution in [1.82, 2.24) is 4.90 Å². The van der Waals surface area contributed by atoms with Gasteiger partial charge < -0.3 is 9.47 Å². The summed E-state index contributed by atoms with van der Waals surface area (Å²) < 4.78 is 25.8. The zero-order chi connectivity index (χ0) is 22.4. The van der Waals surface area contributed by atoms with Crippen LogP contribution in [-0.2, 0) is 11.4 Å². The fourth-order valence-corrected chi connectivity index (χ4v) is 4.89. The summed E-state index contributed by atoms with van der Waals surface area (Å²) in [4.78, 5) is 19.5. The van der Waals surface area contributed by atoms with E-state index in [2.05, 4.69) is 27.6 Å². The first-order valence-corrected chi connectivity index (χ1v) is 12.0. The smallest absolute Gasteiger partial charge is 0.266 e. The van der Waals surface area contributed by atoms with Crippen LogP contribution in [0.15, 0.2) is 46.3 Å². The van der Waals surface area contributed by atoms with Crippen molar-refractivity contribution in [2.45, 2.75) is 27.4 Å². The molecule has 2 aromatic carbocycles. The Morgan fingerprint density at radius 3 is 2.55 bits per heavy atom. The van der Waals surface area contributed by atoms with Crippen molar-refractivity contribution in [3.05, 3.63) is 61.8 Å². The van der Waals surface area contributed by atoms with Gasteiger partial charge in [0.2, 0.25) is 0 Å². The summed E-state index contributed by atoms with van der Waals surface area (Å²) in [6.07, 6.45) is 1.86. The molecule has 8 heteroatoms. The summed E-state index contributed by atoms with van der Waals surface area (Å²) >= 11 is 3.59. The highest BCUT2D eigenvalue weighted by molar-refractivity contribution is 14.1. The lowest BCUT2D eigenvalue weighted by Crippen LogP contribution is -2.28. The molecule has 2 aromatic rings. The zero-order valence-corrected chi connectivity index (χ0v) is 20.6. The molecule has 0 atom stereocenters. The van der Waals surface area contributed by atoms with Crippen LogP contribution in [-0.4, -0.2) is 35.7 Å². The molecule has 1 fully saturated rings. The minimum Gasteiger partial charge on any atom is -0.490 e. The molecule has 0 spiro atoms. The maximum atomic E-state index is 13.1. The van der Waals surface area contributed by atoms with Crippen molar-refractivity contribution in [2.24, 2.45) is 4.99 Å². The van der Waals surface area contributed by atoms with Crippen LogP contribution in [0.2, 0.25) is 0 Å². The lowest BCUT2D eigenvalue weighted by molar-refractivity contribution is -0.122. The predicted octanol–water partition coefficient (Wildman–Crippen LogP) is 5.72. The summed E-state index contributed by atoms with van der Waals surface area (Å²) in [6, 6.07) is 10.0. The fourth-order valence-electron chi connectivity index (χ4n) is 3.00. The second-order valence-corrected chi connectivity index (χ2v) is 8.77. The molecule has 0 unspecified atom stereocenters. The second kappa shape index (κ2) is 11.0. The Morgan fingerprint density at radius 2 is 1.90 bits per heavy atom. The lowest BCUT2D eigenvalue weighted by atomic mass is 10.1. The van der Waals surface area contributed by atoms with Crippen LogP contribution >= 0.6 is 34.4 Å². The topological polar surface area (TPSA) is 51.1 Å². The Morgan fingerprint density at radius 1 is 1.16 bits per heavy atom. The van der Waals surface area contributed by atoms with Gasteiger partial charge in [0.25, 0.3) is 5.91 Å². The van der Waals surface area contributed by atoms with Crippen LogP contribution in [0.3, 0.4) is 0 Å². The Balaban J connectivity index is 1.87. The quantitative estimate of drug-likeness (QED) is 0.310. The number of amides is 1. The molecule has 31 heavy (non-hydrogen) atoms. The molecular formula is C23H24FIN2O3S. The number of benzene rings is 2. The molecule has 164 valence electrons. The van der Waals surface area contributed by atoms with Gasteiger partial charge in [0.15, 0.2) is 16.7 Å². The van der Waals surface area contributed by atoms with Crippen molar-refractivity contribution in [3.63, 3.8) is 0 Å². The molecule has 0 aliphatic carbocycles. The third-order valence-corrected chi connectivity index (χ3v) is 6.27. The summed E-state index contributed by atoms with van der Waals surface area (Å²) in [6.45, 7) is 7.79. The highest BCUT2D eigenvalue weighted by atomic mass is 127. The number of hydrogen-bond donors (Lipinski definition) is 0. The standard InChI is InChI=1S/C23H24FIN2O3S/c1-4-26-23-27(5-2)22(28)20(31-23)13-16-11-18(25)21(19(12-16)29-6-3)30-14-15-7-9-17(24)10-8-15/h7-13H,4-6,14H2,1-3H3/b20-13+,26-23?. The number of carbonyl (C=O) groups is 1. The van der Waals surface area contributed by atoms with Gasteiger partial charge in [-0.1, -0.05) is 12.1 Å². The number of likely N-dealkylation sites (N-methyl/N-ethyl adjacent to an activating group) is 1. The highest BCUT2D eigenvalue weighted by Crippen LogP contribution is 2.38. The van der Waals surface area contributed by atoms with E-state index in [1.54, 1.807) is 17.0 Å². The van der Waals surface area contributed by atoms with Crippen molar-refractivity contribution >= 4 is 51.5 Å². The second-order valence-electron chi connectivity index (χ2n) is 6.60. The number of aliphatic imine (C=N–C) groups is 1. The minimum atomic E-state index is -0.279. The zero-order valence-electron chi connectivity index (χ0n) is 17.7. The molecule has 0 aromatic heterocycles. The fraction of sp³-hybridized carbons (Fsp3) is 0.304. The Kier molecular flexibility index (Phi) is 8.36. The first-order valence-electron chi connectivity index (χ1n) is 10.1. The summed E-state index contributed by atoms with van der Waals surface area (Å²) in [7, 11) is 0. The van der Waals surface area contributed by atoms with E-state index in [9.17, 15) is 9.18 Å². The molecule has 1 amide bonds.